The molecule has 0 aliphatic heterocycles. The van der Waals surface area contributed by atoms with Gasteiger partial charge in [-0.15, -0.1) is 12.4 Å². The van der Waals surface area contributed by atoms with Crippen molar-refractivity contribution in [2.24, 2.45) is 0 Å². The van der Waals surface area contributed by atoms with E-state index in [9.17, 15) is 0 Å². The summed E-state index contributed by atoms with van der Waals surface area (Å²) in [6, 6.07) is 5.72. The summed E-state index contributed by atoms with van der Waals surface area (Å²) in [6.45, 7) is 0. The summed E-state index contributed by atoms with van der Waals surface area (Å²) >= 11 is -0.833. The number of nitrogens with zero attached hydrogens (tertiary/aromatic N) is 1. The second-order valence-electron chi connectivity index (χ2n) is 4.49. The van der Waals surface area contributed by atoms with Gasteiger partial charge < -0.3 is 0 Å². The fraction of sp³-hybridized carbons (Fsp3) is 0.444. The van der Waals surface area contributed by atoms with Crippen molar-refractivity contribution in [1.29, 1.82) is 0 Å². The maximum Gasteiger partial charge on any atom is 0.121 e. The van der Waals surface area contributed by atoms with E-state index in [1.54, 1.807) is 12.4 Å². The summed E-state index contributed by atoms with van der Waals surface area (Å²) in [4.78, 5) is 3.78. The van der Waals surface area contributed by atoms with Crippen molar-refractivity contribution >= 4 is 25.5 Å². The van der Waals surface area contributed by atoms with Crippen molar-refractivity contribution in [1.82, 2.24) is 4.98 Å². The first kappa shape index (κ1) is 14.5. The maximum atomic E-state index is 3.78. The van der Waals surface area contributed by atoms with Gasteiger partial charge in [0.05, 0.1) is 0 Å². The van der Waals surface area contributed by atoms with Crippen LogP contribution < -0.4 is 0 Å². The molecule has 0 unspecified atom stereocenters. The van der Waals surface area contributed by atoms with E-state index in [-0.39, 0.29) is 12.4 Å². The minimum absolute atomic E-state index is 0. The van der Waals surface area contributed by atoms with Crippen LogP contribution in [0.1, 0.15) is 0 Å². The highest BCUT2D eigenvalue weighted by atomic mass is 35.5. The molecule has 70 valence electrons. The Bertz CT molecular complexity index is 139. The monoisotopic (exact) mass is 202 g/mol. The third-order valence-electron chi connectivity index (χ3n) is 0.566. The Hall–Kier alpha value is -0.0275. The fourth-order valence-electron chi connectivity index (χ4n) is 0.313. The molecule has 12 heavy (non-hydrogen) atoms. The minimum Gasteiger partial charge on any atom is -0.265 e. The van der Waals surface area contributed by atoms with E-state index < -0.39 is 13.1 Å². The molecule has 1 nitrogen and oxygen atoms in total. The molecule has 3 heteroatoms. The van der Waals surface area contributed by atoms with Crippen molar-refractivity contribution in [3.8, 4) is 0 Å². The Morgan fingerprint density at radius 2 is 1.17 bits per heavy atom. The van der Waals surface area contributed by atoms with Crippen LogP contribution in [0.4, 0.5) is 0 Å². The predicted octanol–water partition coefficient (Wildman–Crippen LogP) is 3.46. The van der Waals surface area contributed by atoms with E-state index in [4.69, 9.17) is 0 Å². The molecule has 0 fully saturated rings. The van der Waals surface area contributed by atoms with Gasteiger partial charge in [-0.3, -0.25) is 4.98 Å². The fourth-order valence-corrected chi connectivity index (χ4v) is 0.313. The first-order chi connectivity index (χ1) is 5.00. The molecule has 1 heterocycles. The molecule has 0 atom stereocenters. The van der Waals surface area contributed by atoms with E-state index in [1.165, 1.54) is 0 Å². The van der Waals surface area contributed by atoms with Crippen LogP contribution in [0.15, 0.2) is 30.6 Å². The second kappa shape index (κ2) is 7.61. The Morgan fingerprint density at radius 3 is 1.25 bits per heavy atom. The lowest BCUT2D eigenvalue weighted by Gasteiger charge is -2.05. The highest BCUT2D eigenvalue weighted by molar-refractivity contribution is 6.74. The van der Waals surface area contributed by atoms with E-state index in [2.05, 4.69) is 28.1 Å². The van der Waals surface area contributed by atoms with Gasteiger partial charge in [0.2, 0.25) is 0 Å². The third-order valence-corrected chi connectivity index (χ3v) is 0.566. The van der Waals surface area contributed by atoms with Gasteiger partial charge in [0.15, 0.2) is 0 Å². The molecule has 0 N–H and O–H groups in total. The molecular formula is C9H18AlClN-. The zero-order valence-electron chi connectivity index (χ0n) is 8.32. The van der Waals surface area contributed by atoms with Crippen molar-refractivity contribution in [3.63, 3.8) is 0 Å². The molecule has 1 aromatic heterocycles. The predicted molar refractivity (Wildman–Crippen MR) is 60.7 cm³/mol. The molecule has 0 radical (unpaired) electrons. The third kappa shape index (κ3) is 22.5. The van der Waals surface area contributed by atoms with Gasteiger partial charge in [-0.25, -0.2) is 23.1 Å². The standard InChI is InChI=1S/C5H5N.4CH3.Al.ClH/c1-2-4-6-5-3-1;;;;;;/h1-5H;4*1H3;;1H/q;;;;;-1;. The largest absolute Gasteiger partial charge is 0.265 e. The molecular weight excluding hydrogens is 185 g/mol. The number of rotatable bonds is 0. The van der Waals surface area contributed by atoms with Gasteiger partial charge in [0, 0.05) is 12.4 Å². The zero-order valence-corrected chi connectivity index (χ0v) is 10.3. The lowest BCUT2D eigenvalue weighted by molar-refractivity contribution is 1.33. The zero-order chi connectivity index (χ0) is 8.74. The molecule has 1 rings (SSSR count). The minimum atomic E-state index is -0.833. The van der Waals surface area contributed by atoms with Crippen LogP contribution >= 0.6 is 12.4 Å². The highest BCUT2D eigenvalue weighted by Crippen LogP contribution is 1.94. The quantitative estimate of drug-likeness (QED) is 0.588. The second-order valence-corrected chi connectivity index (χ2v) is 11.4. The van der Waals surface area contributed by atoms with E-state index in [1.807, 2.05) is 18.2 Å². The molecule has 1 aromatic rings. The average Bonchev–Trinajstić information content (AvgIpc) is 1.88. The lowest BCUT2D eigenvalue weighted by Crippen LogP contribution is -2.10. The van der Waals surface area contributed by atoms with Gasteiger partial charge in [-0.05, 0) is 12.1 Å². The van der Waals surface area contributed by atoms with Gasteiger partial charge >= 0.3 is 0 Å². The number of pyridine rings is 1. The Morgan fingerprint density at radius 1 is 0.833 bits per heavy atom. The molecule has 0 bridgehead atoms. The number of hydrogen-bond donors (Lipinski definition) is 0. The van der Waals surface area contributed by atoms with E-state index >= 15 is 0 Å². The molecule has 0 saturated heterocycles. The Balaban J connectivity index is 0. The number of halogens is 1. The van der Waals surface area contributed by atoms with E-state index in [0.29, 0.717) is 0 Å². The molecule has 0 aliphatic rings. The van der Waals surface area contributed by atoms with Gasteiger partial charge in [0.25, 0.3) is 0 Å². The van der Waals surface area contributed by atoms with Crippen LogP contribution in [0.5, 0.6) is 0 Å². The summed E-state index contributed by atoms with van der Waals surface area (Å²) in [7, 11) is 0. The van der Waals surface area contributed by atoms with Crippen molar-refractivity contribution in [2.45, 2.75) is 23.1 Å². The molecule has 0 saturated carbocycles. The van der Waals surface area contributed by atoms with Gasteiger partial charge in [-0.2, -0.15) is 0 Å². The molecule has 0 aromatic carbocycles. The number of aromatic nitrogens is 1. The Labute approximate surface area is 84.3 Å². The summed E-state index contributed by atoms with van der Waals surface area (Å²) < 4.78 is 0. The lowest BCUT2D eigenvalue weighted by atomic mass is 10.5. The van der Waals surface area contributed by atoms with Crippen LogP contribution in [-0.4, -0.2) is 18.1 Å². The summed E-state index contributed by atoms with van der Waals surface area (Å²) in [5.41, 5.74) is 0. The molecule has 0 spiro atoms. The van der Waals surface area contributed by atoms with Crippen LogP contribution in [0.3, 0.4) is 0 Å². The topological polar surface area (TPSA) is 12.9 Å². The van der Waals surface area contributed by atoms with Crippen LogP contribution in [0.25, 0.3) is 0 Å². The van der Waals surface area contributed by atoms with Crippen LogP contribution in [-0.2, 0) is 0 Å². The Kier molecular flexibility index (Phi) is 9.19. The molecule has 0 amide bonds. The highest BCUT2D eigenvalue weighted by Gasteiger charge is 1.97. The van der Waals surface area contributed by atoms with Crippen molar-refractivity contribution in [2.75, 3.05) is 0 Å². The first-order valence-corrected chi connectivity index (χ1v) is 8.78. The summed E-state index contributed by atoms with van der Waals surface area (Å²) in [5, 5.41) is 0. The smallest absolute Gasteiger partial charge is 0.121 e. The first-order valence-electron chi connectivity index (χ1n) is 4.16. The maximum absolute atomic E-state index is 3.78. The van der Waals surface area contributed by atoms with Crippen molar-refractivity contribution < 1.29 is 0 Å². The van der Waals surface area contributed by atoms with E-state index in [0.717, 1.165) is 0 Å². The normalized spacial score (nSPS) is 9.00. The SMILES string of the molecule is Cl.[CH3][Al-]([CH3])([CH3])[CH3].c1ccncc1. The van der Waals surface area contributed by atoms with Crippen LogP contribution in [0.2, 0.25) is 23.1 Å². The summed E-state index contributed by atoms with van der Waals surface area (Å²) in [5.74, 6) is 9.42. The van der Waals surface area contributed by atoms with Gasteiger partial charge in [0.1, 0.15) is 13.1 Å². The van der Waals surface area contributed by atoms with Crippen LogP contribution in [0, 0.1) is 0 Å². The van der Waals surface area contributed by atoms with Crippen molar-refractivity contribution in [3.05, 3.63) is 30.6 Å². The number of hydrogen-bond acceptors (Lipinski definition) is 1. The van der Waals surface area contributed by atoms with Gasteiger partial charge in [-0.1, -0.05) is 6.07 Å². The molecule has 0 aliphatic carbocycles. The average molecular weight is 203 g/mol. The summed E-state index contributed by atoms with van der Waals surface area (Å²) in [6.07, 6.45) is 3.50.